The summed E-state index contributed by atoms with van der Waals surface area (Å²) in [6.45, 7) is 3.47. The number of rotatable bonds is 6. The molecule has 1 saturated heterocycles. The number of benzene rings is 1. The molecule has 0 aliphatic carbocycles. The minimum Gasteiger partial charge on any atom is -0.353 e. The van der Waals surface area contributed by atoms with Crippen LogP contribution >= 0.6 is 0 Å². The number of nitrogens with zero attached hydrogens (tertiary/aromatic N) is 2. The molecular formula is C18H23N3O. The van der Waals surface area contributed by atoms with E-state index in [0.29, 0.717) is 6.54 Å². The van der Waals surface area contributed by atoms with Crippen LogP contribution in [-0.4, -0.2) is 35.0 Å². The highest BCUT2D eigenvalue weighted by Crippen LogP contribution is 2.25. The van der Waals surface area contributed by atoms with Crippen molar-refractivity contribution in [2.45, 2.75) is 25.4 Å². The van der Waals surface area contributed by atoms with Crippen LogP contribution in [0.1, 0.15) is 24.4 Å². The van der Waals surface area contributed by atoms with Gasteiger partial charge in [0.2, 0.25) is 5.91 Å². The van der Waals surface area contributed by atoms with Gasteiger partial charge >= 0.3 is 0 Å². The topological polar surface area (TPSA) is 37.3 Å². The number of likely N-dealkylation sites (tertiary alicyclic amines) is 1. The van der Waals surface area contributed by atoms with E-state index in [-0.39, 0.29) is 11.9 Å². The highest BCUT2D eigenvalue weighted by molar-refractivity contribution is 5.83. The van der Waals surface area contributed by atoms with E-state index in [4.69, 9.17) is 0 Å². The molecule has 0 spiro atoms. The molecule has 0 saturated carbocycles. The van der Waals surface area contributed by atoms with E-state index in [1.165, 1.54) is 12.8 Å². The number of nitrogens with one attached hydrogen (secondary N) is 1. The van der Waals surface area contributed by atoms with E-state index in [9.17, 15) is 4.79 Å². The van der Waals surface area contributed by atoms with Gasteiger partial charge in [0.15, 0.2) is 0 Å². The Morgan fingerprint density at radius 2 is 1.73 bits per heavy atom. The van der Waals surface area contributed by atoms with Gasteiger partial charge in [0, 0.05) is 25.5 Å². The molecular weight excluding hydrogens is 274 g/mol. The highest BCUT2D eigenvalue weighted by atomic mass is 16.2. The van der Waals surface area contributed by atoms with Crippen LogP contribution in [0, 0.1) is 0 Å². The van der Waals surface area contributed by atoms with Gasteiger partial charge in [0.25, 0.3) is 0 Å². The van der Waals surface area contributed by atoms with Crippen molar-refractivity contribution < 1.29 is 4.79 Å². The smallest absolute Gasteiger partial charge is 0.242 e. The van der Waals surface area contributed by atoms with E-state index in [1.807, 2.05) is 42.7 Å². The van der Waals surface area contributed by atoms with Crippen molar-refractivity contribution in [1.29, 1.82) is 0 Å². The molecule has 1 fully saturated rings. The first-order chi connectivity index (χ1) is 10.8. The summed E-state index contributed by atoms with van der Waals surface area (Å²) in [5, 5.41) is 3.09. The van der Waals surface area contributed by atoms with Gasteiger partial charge in [0.1, 0.15) is 6.04 Å². The normalized spacial score (nSPS) is 16.5. The Morgan fingerprint density at radius 3 is 2.41 bits per heavy atom. The Kier molecular flexibility index (Phi) is 4.91. The minimum atomic E-state index is -0.159. The van der Waals surface area contributed by atoms with Gasteiger partial charge < -0.3 is 9.88 Å². The molecule has 22 heavy (non-hydrogen) atoms. The second-order valence-corrected chi connectivity index (χ2v) is 5.77. The number of carbonyl (C=O) groups excluding carboxylic acids is 1. The SMILES string of the molecule is O=C(NCCn1cccc1)C(c1ccccc1)N1CCCC1. The molecule has 1 amide bonds. The maximum atomic E-state index is 12.7. The van der Waals surface area contributed by atoms with E-state index in [1.54, 1.807) is 0 Å². The Bertz CT molecular complexity index is 574. The lowest BCUT2D eigenvalue weighted by molar-refractivity contribution is -0.126. The Labute approximate surface area is 131 Å². The maximum Gasteiger partial charge on any atom is 0.242 e. The lowest BCUT2D eigenvalue weighted by Gasteiger charge is -2.27. The molecule has 1 N–H and O–H groups in total. The van der Waals surface area contributed by atoms with Crippen LogP contribution in [0.2, 0.25) is 0 Å². The standard InChI is InChI=1S/C18H23N3O/c22-18(19-10-15-20-11-4-5-12-20)17(21-13-6-7-14-21)16-8-2-1-3-9-16/h1-5,8-9,11-12,17H,6-7,10,13-15H2,(H,19,22). The molecule has 1 aliphatic heterocycles. The molecule has 0 bridgehead atoms. The number of amides is 1. The summed E-state index contributed by atoms with van der Waals surface area (Å²) in [5.41, 5.74) is 1.09. The van der Waals surface area contributed by atoms with Crippen molar-refractivity contribution in [1.82, 2.24) is 14.8 Å². The fraction of sp³-hybridized carbons (Fsp3) is 0.389. The Balaban J connectivity index is 1.64. The number of aromatic nitrogens is 1. The summed E-state index contributed by atoms with van der Waals surface area (Å²) in [6.07, 6.45) is 6.39. The van der Waals surface area contributed by atoms with Gasteiger partial charge in [-0.2, -0.15) is 0 Å². The Hall–Kier alpha value is -2.07. The monoisotopic (exact) mass is 297 g/mol. The van der Waals surface area contributed by atoms with Crippen molar-refractivity contribution in [2.75, 3.05) is 19.6 Å². The van der Waals surface area contributed by atoms with Crippen LogP contribution in [0.25, 0.3) is 0 Å². The third-order valence-corrected chi connectivity index (χ3v) is 4.20. The van der Waals surface area contributed by atoms with E-state index in [2.05, 4.69) is 26.9 Å². The zero-order valence-electron chi connectivity index (χ0n) is 12.8. The summed E-state index contributed by atoms with van der Waals surface area (Å²) in [5.74, 6) is 0.111. The third-order valence-electron chi connectivity index (χ3n) is 4.20. The van der Waals surface area contributed by atoms with Gasteiger partial charge in [-0.3, -0.25) is 9.69 Å². The molecule has 0 radical (unpaired) electrons. The number of hydrogen-bond donors (Lipinski definition) is 1. The minimum absolute atomic E-state index is 0.111. The highest BCUT2D eigenvalue weighted by Gasteiger charge is 2.29. The van der Waals surface area contributed by atoms with Crippen LogP contribution in [0.3, 0.4) is 0 Å². The molecule has 1 aromatic heterocycles. The fourth-order valence-corrected chi connectivity index (χ4v) is 3.09. The summed E-state index contributed by atoms with van der Waals surface area (Å²) in [7, 11) is 0. The number of carbonyl (C=O) groups is 1. The van der Waals surface area contributed by atoms with Gasteiger partial charge in [-0.25, -0.2) is 0 Å². The molecule has 116 valence electrons. The average Bonchev–Trinajstić information content (AvgIpc) is 3.22. The van der Waals surface area contributed by atoms with Gasteiger partial charge in [-0.1, -0.05) is 30.3 Å². The largest absolute Gasteiger partial charge is 0.353 e. The van der Waals surface area contributed by atoms with Crippen molar-refractivity contribution in [3.8, 4) is 0 Å². The molecule has 1 atom stereocenters. The van der Waals surface area contributed by atoms with E-state index < -0.39 is 0 Å². The van der Waals surface area contributed by atoms with Crippen molar-refractivity contribution >= 4 is 5.91 Å². The summed E-state index contributed by atoms with van der Waals surface area (Å²) >= 11 is 0. The van der Waals surface area contributed by atoms with Crippen LogP contribution in [0.5, 0.6) is 0 Å². The molecule has 4 nitrogen and oxygen atoms in total. The first kappa shape index (κ1) is 14.9. The predicted molar refractivity (Wildman–Crippen MR) is 87.4 cm³/mol. The molecule has 2 aromatic rings. The van der Waals surface area contributed by atoms with Gasteiger partial charge in [-0.05, 0) is 43.6 Å². The first-order valence-corrected chi connectivity index (χ1v) is 8.02. The average molecular weight is 297 g/mol. The van der Waals surface area contributed by atoms with E-state index >= 15 is 0 Å². The molecule has 4 heteroatoms. The van der Waals surface area contributed by atoms with Crippen LogP contribution < -0.4 is 5.32 Å². The third kappa shape index (κ3) is 3.57. The number of hydrogen-bond acceptors (Lipinski definition) is 2. The molecule has 1 aromatic carbocycles. The predicted octanol–water partition coefficient (Wildman–Crippen LogP) is 2.44. The molecule has 3 rings (SSSR count). The van der Waals surface area contributed by atoms with Crippen LogP contribution in [-0.2, 0) is 11.3 Å². The first-order valence-electron chi connectivity index (χ1n) is 8.02. The Morgan fingerprint density at radius 1 is 1.05 bits per heavy atom. The second-order valence-electron chi connectivity index (χ2n) is 5.77. The lowest BCUT2D eigenvalue weighted by Crippen LogP contribution is -2.40. The summed E-state index contributed by atoms with van der Waals surface area (Å²) < 4.78 is 2.08. The quantitative estimate of drug-likeness (QED) is 0.889. The molecule has 1 aliphatic rings. The van der Waals surface area contributed by atoms with Gasteiger partial charge in [-0.15, -0.1) is 0 Å². The zero-order valence-corrected chi connectivity index (χ0v) is 12.8. The summed E-state index contributed by atoms with van der Waals surface area (Å²) in [6, 6.07) is 13.9. The zero-order chi connectivity index (χ0) is 15.2. The molecule has 2 heterocycles. The summed E-state index contributed by atoms with van der Waals surface area (Å²) in [4.78, 5) is 15.0. The van der Waals surface area contributed by atoms with E-state index in [0.717, 1.165) is 25.2 Å². The van der Waals surface area contributed by atoms with Crippen molar-refractivity contribution in [3.05, 3.63) is 60.4 Å². The van der Waals surface area contributed by atoms with Crippen molar-refractivity contribution in [2.24, 2.45) is 0 Å². The molecule has 1 unspecified atom stereocenters. The second kappa shape index (κ2) is 7.27. The van der Waals surface area contributed by atoms with Crippen molar-refractivity contribution in [3.63, 3.8) is 0 Å². The van der Waals surface area contributed by atoms with Gasteiger partial charge in [0.05, 0.1) is 0 Å². The van der Waals surface area contributed by atoms with Crippen LogP contribution in [0.15, 0.2) is 54.9 Å². The maximum absolute atomic E-state index is 12.7. The lowest BCUT2D eigenvalue weighted by atomic mass is 10.0. The van der Waals surface area contributed by atoms with Crippen LogP contribution in [0.4, 0.5) is 0 Å². The fourth-order valence-electron chi connectivity index (χ4n) is 3.09.